The van der Waals surface area contributed by atoms with E-state index >= 15 is 0 Å². The quantitative estimate of drug-likeness (QED) is 0.405. The number of nitrogens with zero attached hydrogens (tertiary/aromatic N) is 5. The van der Waals surface area contributed by atoms with E-state index in [1.807, 2.05) is 36.4 Å². The minimum absolute atomic E-state index is 0.149. The monoisotopic (exact) mass is 490 g/mol. The second-order valence-electron chi connectivity index (χ2n) is 8.11. The number of fused-ring (bicyclic) bond motifs is 1. The summed E-state index contributed by atoms with van der Waals surface area (Å²) in [7, 11) is 3.50. The summed E-state index contributed by atoms with van der Waals surface area (Å²) in [5, 5.41) is 10.1. The Hall–Kier alpha value is -3.52. The van der Waals surface area contributed by atoms with Crippen LogP contribution in [0.5, 0.6) is 0 Å². The van der Waals surface area contributed by atoms with Crippen LogP contribution in [0.1, 0.15) is 17.0 Å². The molecule has 0 radical (unpaired) electrons. The molecular formula is C25H20Cl2N6O. The highest BCUT2D eigenvalue weighted by molar-refractivity contribution is 6.31. The summed E-state index contributed by atoms with van der Waals surface area (Å²) in [6, 6.07) is 18.2. The van der Waals surface area contributed by atoms with Crippen LogP contribution in [-0.2, 0) is 19.6 Å². The first-order valence-electron chi connectivity index (χ1n) is 10.5. The molecule has 0 aliphatic rings. The lowest BCUT2D eigenvalue weighted by molar-refractivity contribution is 0.550. The highest BCUT2D eigenvalue weighted by Crippen LogP contribution is 2.36. The lowest BCUT2D eigenvalue weighted by atomic mass is 9.83. The standard InChI is InChI=1S/C25H20Cl2N6O/c1-32-21-13-29-22(11-20(21)19(12-24(32)34)15-4-3-5-18(27)10-15)25(28,23-14-30-31-33(23)2)16-6-8-17(26)9-7-16/h3-14H,28H2,1-2H3/t25-/m1/s1. The molecule has 2 aromatic carbocycles. The SMILES string of the molecule is Cn1nncc1[C@@](N)(c1ccc(Cl)cc1)c1cc2c(-c3cccc(Cl)c3)cc(=O)n(C)c2cn1. The van der Waals surface area contributed by atoms with Crippen LogP contribution in [0.2, 0.25) is 10.0 Å². The Morgan fingerprint density at radius 1 is 0.941 bits per heavy atom. The number of rotatable bonds is 4. The van der Waals surface area contributed by atoms with Gasteiger partial charge in [0.1, 0.15) is 5.54 Å². The number of halogens is 2. The minimum Gasteiger partial charge on any atom is -0.311 e. The van der Waals surface area contributed by atoms with Gasteiger partial charge in [-0.2, -0.15) is 0 Å². The maximum absolute atomic E-state index is 12.7. The van der Waals surface area contributed by atoms with Crippen molar-refractivity contribution in [3.05, 3.63) is 110 Å². The number of pyridine rings is 2. The van der Waals surface area contributed by atoms with E-state index in [-0.39, 0.29) is 5.56 Å². The van der Waals surface area contributed by atoms with Crippen LogP contribution in [0.25, 0.3) is 22.0 Å². The van der Waals surface area contributed by atoms with Crippen LogP contribution in [0, 0.1) is 0 Å². The van der Waals surface area contributed by atoms with E-state index in [0.717, 1.165) is 22.1 Å². The van der Waals surface area contributed by atoms with E-state index in [9.17, 15) is 4.79 Å². The van der Waals surface area contributed by atoms with E-state index < -0.39 is 5.54 Å². The van der Waals surface area contributed by atoms with Crippen molar-refractivity contribution in [2.45, 2.75) is 5.54 Å². The van der Waals surface area contributed by atoms with E-state index in [1.165, 1.54) is 0 Å². The van der Waals surface area contributed by atoms with Gasteiger partial charge in [-0.05, 0) is 47.0 Å². The zero-order valence-electron chi connectivity index (χ0n) is 18.4. The number of nitrogens with two attached hydrogens (primary N) is 1. The fourth-order valence-corrected chi connectivity index (χ4v) is 4.56. The van der Waals surface area contributed by atoms with Crippen molar-refractivity contribution >= 4 is 34.1 Å². The summed E-state index contributed by atoms with van der Waals surface area (Å²) < 4.78 is 3.19. The summed E-state index contributed by atoms with van der Waals surface area (Å²) >= 11 is 12.4. The molecular weight excluding hydrogens is 471 g/mol. The number of hydrogen-bond acceptors (Lipinski definition) is 5. The second kappa shape index (κ2) is 8.36. The summed E-state index contributed by atoms with van der Waals surface area (Å²) in [4.78, 5) is 17.4. The maximum atomic E-state index is 12.7. The minimum atomic E-state index is -1.18. The van der Waals surface area contributed by atoms with E-state index in [0.29, 0.717) is 26.9 Å². The summed E-state index contributed by atoms with van der Waals surface area (Å²) in [6.45, 7) is 0. The molecule has 0 unspecified atom stereocenters. The molecule has 5 rings (SSSR count). The highest BCUT2D eigenvalue weighted by atomic mass is 35.5. The number of benzene rings is 2. The average Bonchev–Trinajstić information content (AvgIpc) is 3.27. The average molecular weight is 491 g/mol. The Labute approximate surface area is 205 Å². The van der Waals surface area contributed by atoms with Crippen molar-refractivity contribution in [2.24, 2.45) is 19.8 Å². The van der Waals surface area contributed by atoms with Gasteiger partial charge >= 0.3 is 0 Å². The maximum Gasteiger partial charge on any atom is 0.251 e. The van der Waals surface area contributed by atoms with E-state index in [2.05, 4.69) is 10.3 Å². The van der Waals surface area contributed by atoms with Gasteiger partial charge in [0.25, 0.3) is 5.56 Å². The summed E-state index contributed by atoms with van der Waals surface area (Å²) in [5.74, 6) is 0. The van der Waals surface area contributed by atoms with Gasteiger partial charge in [0.15, 0.2) is 0 Å². The van der Waals surface area contributed by atoms with Crippen LogP contribution in [-0.4, -0.2) is 24.5 Å². The number of aryl methyl sites for hydroxylation is 2. The molecule has 5 aromatic rings. The third-order valence-electron chi connectivity index (χ3n) is 6.09. The molecule has 170 valence electrons. The molecule has 0 aliphatic heterocycles. The van der Waals surface area contributed by atoms with Crippen molar-refractivity contribution < 1.29 is 0 Å². The molecule has 3 heterocycles. The fourth-order valence-electron chi connectivity index (χ4n) is 4.24. The highest BCUT2D eigenvalue weighted by Gasteiger charge is 2.37. The first-order valence-corrected chi connectivity index (χ1v) is 11.2. The Bertz CT molecular complexity index is 1590. The zero-order valence-corrected chi connectivity index (χ0v) is 19.9. The van der Waals surface area contributed by atoms with Crippen LogP contribution < -0.4 is 11.3 Å². The van der Waals surface area contributed by atoms with Crippen molar-refractivity contribution in [1.82, 2.24) is 24.5 Å². The molecule has 34 heavy (non-hydrogen) atoms. The zero-order chi connectivity index (χ0) is 24.0. The Kier molecular flexibility index (Phi) is 5.48. The van der Waals surface area contributed by atoms with Crippen LogP contribution in [0.4, 0.5) is 0 Å². The summed E-state index contributed by atoms with van der Waals surface area (Å²) in [6.07, 6.45) is 3.29. The molecule has 3 aromatic heterocycles. The Morgan fingerprint density at radius 2 is 1.71 bits per heavy atom. The number of hydrogen-bond donors (Lipinski definition) is 1. The normalized spacial score (nSPS) is 13.2. The smallest absolute Gasteiger partial charge is 0.251 e. The molecule has 0 aliphatic carbocycles. The van der Waals surface area contributed by atoms with Gasteiger partial charge in [-0.15, -0.1) is 5.10 Å². The Balaban J connectivity index is 1.84. The largest absolute Gasteiger partial charge is 0.311 e. The van der Waals surface area contributed by atoms with Gasteiger partial charge in [-0.25, -0.2) is 4.68 Å². The van der Waals surface area contributed by atoms with Crippen molar-refractivity contribution in [3.63, 3.8) is 0 Å². The molecule has 0 amide bonds. The van der Waals surface area contributed by atoms with Gasteiger partial charge in [0, 0.05) is 35.6 Å². The third kappa shape index (κ3) is 3.58. The molecule has 0 bridgehead atoms. The van der Waals surface area contributed by atoms with Crippen molar-refractivity contribution in [3.8, 4) is 11.1 Å². The van der Waals surface area contributed by atoms with Crippen LogP contribution >= 0.6 is 23.2 Å². The van der Waals surface area contributed by atoms with Gasteiger partial charge in [-0.3, -0.25) is 9.78 Å². The fraction of sp³-hybridized carbons (Fsp3) is 0.120. The molecule has 9 heteroatoms. The predicted octanol–water partition coefficient (Wildman–Crippen LogP) is 4.29. The van der Waals surface area contributed by atoms with Crippen LogP contribution in [0.15, 0.2) is 77.9 Å². The Morgan fingerprint density at radius 3 is 2.38 bits per heavy atom. The lowest BCUT2D eigenvalue weighted by Gasteiger charge is -2.30. The third-order valence-corrected chi connectivity index (χ3v) is 6.58. The first-order chi connectivity index (χ1) is 16.3. The summed E-state index contributed by atoms with van der Waals surface area (Å²) in [5.41, 5.74) is 10.0. The van der Waals surface area contributed by atoms with Gasteiger partial charge in [0.2, 0.25) is 0 Å². The van der Waals surface area contributed by atoms with E-state index in [1.54, 1.807) is 60.0 Å². The topological polar surface area (TPSA) is 91.6 Å². The van der Waals surface area contributed by atoms with Crippen molar-refractivity contribution in [1.29, 1.82) is 0 Å². The van der Waals surface area contributed by atoms with Crippen LogP contribution in [0.3, 0.4) is 0 Å². The second-order valence-corrected chi connectivity index (χ2v) is 8.98. The predicted molar refractivity (Wildman–Crippen MR) is 134 cm³/mol. The van der Waals surface area contributed by atoms with E-state index in [4.69, 9.17) is 33.9 Å². The molecule has 2 N–H and O–H groups in total. The lowest BCUT2D eigenvalue weighted by Crippen LogP contribution is -2.42. The molecule has 0 spiro atoms. The van der Waals surface area contributed by atoms with Crippen molar-refractivity contribution in [2.75, 3.05) is 0 Å². The number of aromatic nitrogens is 5. The molecule has 1 atom stereocenters. The first kappa shape index (κ1) is 22.3. The molecule has 0 saturated heterocycles. The van der Waals surface area contributed by atoms with Gasteiger partial charge < -0.3 is 10.3 Å². The molecule has 7 nitrogen and oxygen atoms in total. The molecule has 0 fully saturated rings. The molecule has 0 saturated carbocycles. The van der Waals surface area contributed by atoms with Gasteiger partial charge in [0.05, 0.1) is 29.3 Å². The van der Waals surface area contributed by atoms with Gasteiger partial charge in [-0.1, -0.05) is 52.7 Å².